The number of anilines is 2. The fourth-order valence-electron chi connectivity index (χ4n) is 3.69. The molecule has 6 nitrogen and oxygen atoms in total. The van der Waals surface area contributed by atoms with Gasteiger partial charge in [0.25, 0.3) is 0 Å². The van der Waals surface area contributed by atoms with E-state index in [1.54, 1.807) is 0 Å². The van der Waals surface area contributed by atoms with Crippen molar-refractivity contribution in [2.24, 2.45) is 0 Å². The molecule has 3 aromatic rings. The third-order valence-corrected chi connectivity index (χ3v) is 6.48. The number of carbonyl (C=O) groups excluding carboxylic acids is 1. The molecular formula is C23H26ClN5OS. The van der Waals surface area contributed by atoms with Gasteiger partial charge in [-0.15, -0.1) is 0 Å². The molecule has 0 radical (unpaired) electrons. The van der Waals surface area contributed by atoms with Crippen molar-refractivity contribution >= 4 is 40.0 Å². The summed E-state index contributed by atoms with van der Waals surface area (Å²) in [5.41, 5.74) is 4.27. The van der Waals surface area contributed by atoms with Crippen molar-refractivity contribution in [3.05, 3.63) is 70.0 Å². The highest BCUT2D eigenvalue weighted by molar-refractivity contribution is 7.09. The molecular weight excluding hydrogens is 430 g/mol. The smallest absolute Gasteiger partial charge is 0.321 e. The summed E-state index contributed by atoms with van der Waals surface area (Å²) >= 11 is 7.38. The average Bonchev–Trinajstić information content (AvgIpc) is 3.06. The monoisotopic (exact) mass is 455 g/mol. The summed E-state index contributed by atoms with van der Waals surface area (Å²) < 4.78 is 4.53. The van der Waals surface area contributed by atoms with Crippen LogP contribution in [0.15, 0.2) is 42.5 Å². The Kier molecular flexibility index (Phi) is 6.73. The quantitative estimate of drug-likeness (QED) is 0.591. The summed E-state index contributed by atoms with van der Waals surface area (Å²) in [6.07, 6.45) is 1.58. The van der Waals surface area contributed by atoms with E-state index in [1.807, 2.05) is 48.2 Å². The first kappa shape index (κ1) is 21.6. The molecule has 0 aliphatic carbocycles. The van der Waals surface area contributed by atoms with Gasteiger partial charge in [-0.25, -0.2) is 9.78 Å². The topological polar surface area (TPSA) is 61.4 Å². The zero-order chi connectivity index (χ0) is 21.8. The molecule has 0 bridgehead atoms. The van der Waals surface area contributed by atoms with E-state index in [0.717, 1.165) is 58.8 Å². The summed E-state index contributed by atoms with van der Waals surface area (Å²) in [4.78, 5) is 21.6. The van der Waals surface area contributed by atoms with Gasteiger partial charge in [-0.05, 0) is 49.6 Å². The molecule has 4 rings (SSSR count). The van der Waals surface area contributed by atoms with E-state index in [0.29, 0.717) is 13.0 Å². The number of hydrogen-bond donors (Lipinski definition) is 1. The molecule has 0 unspecified atom stereocenters. The number of aromatic nitrogens is 2. The second-order valence-corrected chi connectivity index (χ2v) is 9.04. The Bertz CT molecular complexity index is 1050. The van der Waals surface area contributed by atoms with Gasteiger partial charge in [0.2, 0.25) is 5.13 Å². The average molecular weight is 456 g/mol. The minimum atomic E-state index is -0.0468. The number of amides is 2. The summed E-state index contributed by atoms with van der Waals surface area (Å²) in [6.45, 7) is 7.06. The fraction of sp³-hybridized carbons (Fsp3) is 0.348. The van der Waals surface area contributed by atoms with Crippen LogP contribution >= 0.6 is 23.1 Å². The molecule has 2 amide bonds. The summed E-state index contributed by atoms with van der Waals surface area (Å²) in [5.74, 6) is 0.816. The summed E-state index contributed by atoms with van der Waals surface area (Å²) in [6, 6.07) is 13.8. The number of nitrogens with zero attached hydrogens (tertiary/aromatic N) is 4. The number of carbonyl (C=O) groups is 1. The van der Waals surface area contributed by atoms with Gasteiger partial charge < -0.3 is 15.1 Å². The van der Waals surface area contributed by atoms with Gasteiger partial charge in [0.05, 0.1) is 0 Å². The van der Waals surface area contributed by atoms with Crippen LogP contribution < -0.4 is 10.2 Å². The maximum Gasteiger partial charge on any atom is 0.321 e. The van der Waals surface area contributed by atoms with E-state index >= 15 is 0 Å². The van der Waals surface area contributed by atoms with Crippen molar-refractivity contribution in [3.8, 4) is 0 Å². The SMILES string of the molecule is Cc1ccc(NC(=O)N2CCCN(c3nc(Cc4ccc(Cl)cc4)ns3)CC2)c(C)c1. The molecule has 1 saturated heterocycles. The molecule has 1 aliphatic heterocycles. The Morgan fingerprint density at radius 1 is 1.10 bits per heavy atom. The van der Waals surface area contributed by atoms with Crippen LogP contribution in [0, 0.1) is 13.8 Å². The summed E-state index contributed by atoms with van der Waals surface area (Å²) in [5, 5.41) is 4.70. The predicted molar refractivity (Wildman–Crippen MR) is 128 cm³/mol. The maximum atomic E-state index is 12.8. The highest BCUT2D eigenvalue weighted by Crippen LogP contribution is 2.22. The lowest BCUT2D eigenvalue weighted by molar-refractivity contribution is 0.215. The van der Waals surface area contributed by atoms with E-state index in [9.17, 15) is 4.79 Å². The summed E-state index contributed by atoms with van der Waals surface area (Å²) in [7, 11) is 0. The van der Waals surface area contributed by atoms with Gasteiger partial charge in [0.1, 0.15) is 5.82 Å². The van der Waals surface area contributed by atoms with Crippen LogP contribution in [0.4, 0.5) is 15.6 Å². The number of urea groups is 1. The van der Waals surface area contributed by atoms with Crippen LogP contribution in [0.2, 0.25) is 5.02 Å². The van der Waals surface area contributed by atoms with Crippen LogP contribution in [0.3, 0.4) is 0 Å². The zero-order valence-electron chi connectivity index (χ0n) is 17.8. The second kappa shape index (κ2) is 9.66. The molecule has 1 N–H and O–H groups in total. The third kappa shape index (κ3) is 5.54. The van der Waals surface area contributed by atoms with E-state index < -0.39 is 0 Å². The number of rotatable bonds is 4. The molecule has 0 spiro atoms. The lowest BCUT2D eigenvalue weighted by atomic mass is 10.1. The Labute approximate surface area is 192 Å². The molecule has 1 fully saturated rings. The second-order valence-electron chi connectivity index (χ2n) is 7.87. The zero-order valence-corrected chi connectivity index (χ0v) is 19.3. The van der Waals surface area contributed by atoms with Crippen molar-refractivity contribution in [2.45, 2.75) is 26.7 Å². The van der Waals surface area contributed by atoms with Gasteiger partial charge in [-0.3, -0.25) is 0 Å². The fourth-order valence-corrected chi connectivity index (χ4v) is 4.55. The largest absolute Gasteiger partial charge is 0.345 e. The van der Waals surface area contributed by atoms with Crippen LogP contribution in [0.25, 0.3) is 0 Å². The van der Waals surface area contributed by atoms with Crippen LogP contribution in [0.5, 0.6) is 0 Å². The van der Waals surface area contributed by atoms with E-state index in [4.69, 9.17) is 16.6 Å². The number of halogens is 1. The van der Waals surface area contributed by atoms with Crippen molar-refractivity contribution in [1.82, 2.24) is 14.3 Å². The molecule has 1 aliphatic rings. The predicted octanol–water partition coefficient (Wildman–Crippen LogP) is 5.14. The molecule has 1 aromatic heterocycles. The van der Waals surface area contributed by atoms with E-state index in [1.165, 1.54) is 17.1 Å². The number of benzene rings is 2. The van der Waals surface area contributed by atoms with Gasteiger partial charge in [0, 0.05) is 54.8 Å². The van der Waals surface area contributed by atoms with Gasteiger partial charge in [-0.1, -0.05) is 41.4 Å². The minimum Gasteiger partial charge on any atom is -0.345 e. The Balaban J connectivity index is 1.35. The van der Waals surface area contributed by atoms with E-state index in [2.05, 4.69) is 27.6 Å². The molecule has 8 heteroatoms. The first-order valence-corrected chi connectivity index (χ1v) is 11.6. The highest BCUT2D eigenvalue weighted by atomic mass is 35.5. The lowest BCUT2D eigenvalue weighted by Gasteiger charge is -2.22. The lowest BCUT2D eigenvalue weighted by Crippen LogP contribution is -2.38. The minimum absolute atomic E-state index is 0.0468. The van der Waals surface area contributed by atoms with Crippen molar-refractivity contribution in [1.29, 1.82) is 0 Å². The number of hydrogen-bond acceptors (Lipinski definition) is 5. The highest BCUT2D eigenvalue weighted by Gasteiger charge is 2.21. The van der Waals surface area contributed by atoms with Crippen molar-refractivity contribution in [3.63, 3.8) is 0 Å². The number of nitrogens with one attached hydrogen (secondary N) is 1. The van der Waals surface area contributed by atoms with Crippen molar-refractivity contribution in [2.75, 3.05) is 36.4 Å². The van der Waals surface area contributed by atoms with Crippen molar-refractivity contribution < 1.29 is 4.79 Å². The van der Waals surface area contributed by atoms with Gasteiger partial charge >= 0.3 is 6.03 Å². The maximum absolute atomic E-state index is 12.8. The first-order valence-electron chi connectivity index (χ1n) is 10.4. The molecule has 0 saturated carbocycles. The Morgan fingerprint density at radius 3 is 2.68 bits per heavy atom. The Morgan fingerprint density at radius 2 is 1.90 bits per heavy atom. The van der Waals surface area contributed by atoms with Crippen LogP contribution in [-0.4, -0.2) is 46.5 Å². The molecule has 0 atom stereocenters. The molecule has 162 valence electrons. The molecule has 31 heavy (non-hydrogen) atoms. The van der Waals surface area contributed by atoms with Gasteiger partial charge in [0.15, 0.2) is 0 Å². The first-order chi connectivity index (χ1) is 15.0. The van der Waals surface area contributed by atoms with Crippen LogP contribution in [0.1, 0.15) is 28.9 Å². The third-order valence-electron chi connectivity index (χ3n) is 5.41. The number of aryl methyl sites for hydroxylation is 2. The standard InChI is InChI=1S/C23H26ClN5OS/c1-16-4-9-20(17(2)14-16)25-22(30)28-10-3-11-29(13-12-28)23-26-21(27-31-23)15-18-5-7-19(24)8-6-18/h4-9,14H,3,10-13,15H2,1-2H3,(H,25,30). The van der Waals surface area contributed by atoms with Gasteiger partial charge in [-0.2, -0.15) is 4.37 Å². The normalized spacial score (nSPS) is 14.4. The molecule has 2 aromatic carbocycles. The van der Waals surface area contributed by atoms with Crippen LogP contribution in [-0.2, 0) is 6.42 Å². The Hall–Kier alpha value is -2.64. The molecule has 2 heterocycles. The van der Waals surface area contributed by atoms with E-state index in [-0.39, 0.29) is 6.03 Å².